The number of carbonyl (C=O) groups is 1. The molecule has 0 aromatic heterocycles. The highest BCUT2D eigenvalue weighted by Crippen LogP contribution is 2.49. The van der Waals surface area contributed by atoms with Crippen LogP contribution in [0.2, 0.25) is 0 Å². The maximum atomic E-state index is 12.8. The number of halogens is 3. The van der Waals surface area contributed by atoms with Crippen LogP contribution in [0.15, 0.2) is 48.5 Å². The molecule has 2 aromatic rings. The summed E-state index contributed by atoms with van der Waals surface area (Å²) in [6.45, 7) is 6.12. The lowest BCUT2D eigenvalue weighted by Gasteiger charge is -2.35. The first kappa shape index (κ1) is 20.0. The van der Waals surface area contributed by atoms with E-state index in [1.165, 1.54) is 23.3 Å². The van der Waals surface area contributed by atoms with E-state index in [0.717, 1.165) is 43.8 Å². The Labute approximate surface area is 169 Å². The van der Waals surface area contributed by atoms with Crippen molar-refractivity contribution >= 4 is 5.91 Å². The summed E-state index contributed by atoms with van der Waals surface area (Å²) < 4.78 is 38.1. The number of amides is 1. The maximum absolute atomic E-state index is 12.8. The minimum absolute atomic E-state index is 0.0507. The summed E-state index contributed by atoms with van der Waals surface area (Å²) in [7, 11) is 0. The molecule has 0 spiro atoms. The molecule has 1 amide bonds. The third kappa shape index (κ3) is 4.47. The van der Waals surface area contributed by atoms with Gasteiger partial charge in [0.2, 0.25) is 5.91 Å². The van der Waals surface area contributed by atoms with Gasteiger partial charge in [0, 0.05) is 38.6 Å². The predicted octanol–water partition coefficient (Wildman–Crippen LogP) is 4.46. The van der Waals surface area contributed by atoms with Crippen LogP contribution in [-0.4, -0.2) is 41.9 Å². The molecule has 1 aliphatic carbocycles. The molecule has 3 nitrogen and oxygen atoms in total. The van der Waals surface area contributed by atoms with Crippen molar-refractivity contribution in [2.24, 2.45) is 5.92 Å². The third-order valence-electron chi connectivity index (χ3n) is 6.11. The molecule has 1 aliphatic heterocycles. The summed E-state index contributed by atoms with van der Waals surface area (Å²) in [6, 6.07) is 13.6. The van der Waals surface area contributed by atoms with Gasteiger partial charge in [0.25, 0.3) is 0 Å². The van der Waals surface area contributed by atoms with Crippen LogP contribution in [-0.2, 0) is 17.5 Å². The fourth-order valence-electron chi connectivity index (χ4n) is 4.14. The van der Waals surface area contributed by atoms with Gasteiger partial charge in [-0.05, 0) is 48.1 Å². The number of aryl methyl sites for hydroxylation is 1. The maximum Gasteiger partial charge on any atom is 0.416 e. The van der Waals surface area contributed by atoms with E-state index in [1.807, 2.05) is 11.0 Å². The van der Waals surface area contributed by atoms with Crippen molar-refractivity contribution in [3.05, 3.63) is 70.8 Å². The van der Waals surface area contributed by atoms with Crippen LogP contribution in [0.25, 0.3) is 0 Å². The lowest BCUT2D eigenvalue weighted by molar-refractivity contribution is -0.137. The van der Waals surface area contributed by atoms with Gasteiger partial charge in [0.15, 0.2) is 0 Å². The molecule has 4 rings (SSSR count). The van der Waals surface area contributed by atoms with Crippen molar-refractivity contribution in [1.29, 1.82) is 0 Å². The normalized spacial score (nSPS) is 22.6. The molecule has 6 heteroatoms. The minimum atomic E-state index is -4.32. The summed E-state index contributed by atoms with van der Waals surface area (Å²) in [5.41, 5.74) is 2.78. The van der Waals surface area contributed by atoms with E-state index in [0.29, 0.717) is 13.1 Å². The molecule has 0 radical (unpaired) electrons. The molecule has 2 aliphatic rings. The van der Waals surface area contributed by atoms with Gasteiger partial charge in [0.1, 0.15) is 0 Å². The van der Waals surface area contributed by atoms with E-state index >= 15 is 0 Å². The Morgan fingerprint density at radius 1 is 1.00 bits per heavy atom. The highest BCUT2D eigenvalue weighted by atomic mass is 19.4. The molecule has 1 saturated carbocycles. The Hall–Kier alpha value is -2.34. The number of rotatable bonds is 4. The molecule has 29 heavy (non-hydrogen) atoms. The van der Waals surface area contributed by atoms with Crippen molar-refractivity contribution in [3.63, 3.8) is 0 Å². The second kappa shape index (κ2) is 7.82. The predicted molar refractivity (Wildman–Crippen MR) is 105 cm³/mol. The highest BCUT2D eigenvalue weighted by Gasteiger charge is 2.46. The summed E-state index contributed by atoms with van der Waals surface area (Å²) in [4.78, 5) is 17.1. The van der Waals surface area contributed by atoms with Crippen LogP contribution < -0.4 is 0 Å². The van der Waals surface area contributed by atoms with Crippen molar-refractivity contribution in [3.8, 4) is 0 Å². The SMILES string of the molecule is Cc1ccccc1CN1CCN(C(=O)C2CC2c2ccc(C(F)(F)F)cc2)CC1. The second-order valence-electron chi connectivity index (χ2n) is 8.10. The van der Waals surface area contributed by atoms with E-state index in [-0.39, 0.29) is 17.7 Å². The van der Waals surface area contributed by atoms with E-state index in [2.05, 4.69) is 30.0 Å². The molecule has 0 bridgehead atoms. The number of alkyl halides is 3. The van der Waals surface area contributed by atoms with E-state index in [9.17, 15) is 18.0 Å². The zero-order valence-corrected chi connectivity index (χ0v) is 16.5. The molecule has 2 aromatic carbocycles. The number of hydrogen-bond acceptors (Lipinski definition) is 2. The van der Waals surface area contributed by atoms with E-state index in [1.54, 1.807) is 0 Å². The zero-order chi connectivity index (χ0) is 20.6. The van der Waals surface area contributed by atoms with Gasteiger partial charge < -0.3 is 4.90 Å². The van der Waals surface area contributed by atoms with Crippen molar-refractivity contribution in [1.82, 2.24) is 9.80 Å². The summed E-state index contributed by atoms with van der Waals surface area (Å²) in [5, 5.41) is 0. The monoisotopic (exact) mass is 402 g/mol. The largest absolute Gasteiger partial charge is 0.416 e. The van der Waals surface area contributed by atoms with Gasteiger partial charge in [-0.3, -0.25) is 9.69 Å². The average Bonchev–Trinajstić information content (AvgIpc) is 3.50. The summed E-state index contributed by atoms with van der Waals surface area (Å²) in [6.07, 6.45) is -3.59. The van der Waals surface area contributed by atoms with Crippen LogP contribution in [0.4, 0.5) is 13.2 Å². The molecule has 154 valence electrons. The quantitative estimate of drug-likeness (QED) is 0.754. The second-order valence-corrected chi connectivity index (χ2v) is 8.10. The van der Waals surface area contributed by atoms with Gasteiger partial charge in [-0.2, -0.15) is 13.2 Å². The van der Waals surface area contributed by atoms with E-state index in [4.69, 9.17) is 0 Å². The molecule has 2 fully saturated rings. The average molecular weight is 402 g/mol. The molecule has 1 heterocycles. The Morgan fingerprint density at radius 3 is 2.28 bits per heavy atom. The first-order valence-corrected chi connectivity index (χ1v) is 10.1. The molecule has 2 unspecified atom stereocenters. The van der Waals surface area contributed by atoms with Gasteiger partial charge >= 0.3 is 6.18 Å². The topological polar surface area (TPSA) is 23.6 Å². The first-order chi connectivity index (χ1) is 13.8. The fourth-order valence-corrected chi connectivity index (χ4v) is 4.14. The number of hydrogen-bond donors (Lipinski definition) is 0. The van der Waals surface area contributed by atoms with E-state index < -0.39 is 11.7 Å². The summed E-state index contributed by atoms with van der Waals surface area (Å²) in [5.74, 6) is 0.106. The Bertz CT molecular complexity index is 870. The standard InChI is InChI=1S/C23H25F3N2O/c1-16-4-2-3-5-18(16)15-27-10-12-28(13-11-27)22(29)21-14-20(21)17-6-8-19(9-7-17)23(24,25)26/h2-9,20-21H,10-15H2,1H3. The molecule has 1 saturated heterocycles. The van der Waals surface area contributed by atoms with Crippen LogP contribution in [0.1, 0.15) is 34.6 Å². The van der Waals surface area contributed by atoms with Crippen LogP contribution >= 0.6 is 0 Å². The lowest BCUT2D eigenvalue weighted by Crippen LogP contribution is -2.48. The van der Waals surface area contributed by atoms with Gasteiger partial charge in [-0.1, -0.05) is 36.4 Å². The van der Waals surface area contributed by atoms with Crippen LogP contribution in [0.5, 0.6) is 0 Å². The van der Waals surface area contributed by atoms with Gasteiger partial charge in [-0.15, -0.1) is 0 Å². The Balaban J connectivity index is 1.29. The van der Waals surface area contributed by atoms with Crippen LogP contribution in [0, 0.1) is 12.8 Å². The zero-order valence-electron chi connectivity index (χ0n) is 16.5. The lowest BCUT2D eigenvalue weighted by atomic mass is 10.1. The molecule has 2 atom stereocenters. The summed E-state index contributed by atoms with van der Waals surface area (Å²) >= 11 is 0. The number of benzene rings is 2. The molecular weight excluding hydrogens is 377 g/mol. The Morgan fingerprint density at radius 2 is 1.66 bits per heavy atom. The highest BCUT2D eigenvalue weighted by molar-refractivity contribution is 5.83. The number of nitrogens with zero attached hydrogens (tertiary/aromatic N) is 2. The fraction of sp³-hybridized carbons (Fsp3) is 0.435. The van der Waals surface area contributed by atoms with Crippen molar-refractivity contribution in [2.75, 3.05) is 26.2 Å². The molecule has 0 N–H and O–H groups in total. The Kier molecular flexibility index (Phi) is 5.38. The number of piperazine rings is 1. The third-order valence-corrected chi connectivity index (χ3v) is 6.11. The van der Waals surface area contributed by atoms with Gasteiger partial charge in [0.05, 0.1) is 5.56 Å². The van der Waals surface area contributed by atoms with Gasteiger partial charge in [-0.25, -0.2) is 0 Å². The number of carbonyl (C=O) groups excluding carboxylic acids is 1. The van der Waals surface area contributed by atoms with Crippen LogP contribution in [0.3, 0.4) is 0 Å². The molecular formula is C23H25F3N2O. The van der Waals surface area contributed by atoms with Crippen molar-refractivity contribution < 1.29 is 18.0 Å². The smallest absolute Gasteiger partial charge is 0.340 e. The minimum Gasteiger partial charge on any atom is -0.340 e. The first-order valence-electron chi connectivity index (χ1n) is 10.1. The van der Waals surface area contributed by atoms with Crippen molar-refractivity contribution in [2.45, 2.75) is 32.0 Å².